The summed E-state index contributed by atoms with van der Waals surface area (Å²) >= 11 is 0. The van der Waals surface area contributed by atoms with Crippen molar-refractivity contribution >= 4 is 10.8 Å². The molecule has 3 nitrogen and oxygen atoms in total. The van der Waals surface area contributed by atoms with Crippen LogP contribution in [0.2, 0.25) is 0 Å². The molecule has 3 fully saturated rings. The third kappa shape index (κ3) is 4.74. The van der Waals surface area contributed by atoms with Crippen molar-refractivity contribution in [3.05, 3.63) is 41.5 Å². The first-order chi connectivity index (χ1) is 16.8. The highest BCUT2D eigenvalue weighted by atomic mass is 19.4. The van der Waals surface area contributed by atoms with Crippen LogP contribution in [0.1, 0.15) is 75.5 Å². The molecule has 1 aliphatic carbocycles. The molecule has 2 heterocycles. The number of nitrogens with zero attached hydrogens (tertiary/aromatic N) is 2. The highest BCUT2D eigenvalue weighted by Crippen LogP contribution is 2.44. The SMILES string of the molecule is CC(c1ccc2c(CF)c(OC3CCC(C(F)(F)F)CC3)ccc2c1)N1C2CCC1CC(C#N)C2. The van der Waals surface area contributed by atoms with Crippen molar-refractivity contribution in [1.82, 2.24) is 4.90 Å². The van der Waals surface area contributed by atoms with Crippen molar-refractivity contribution in [2.45, 2.75) is 95.4 Å². The molecule has 188 valence electrons. The molecule has 7 heteroatoms. The van der Waals surface area contributed by atoms with Crippen LogP contribution >= 0.6 is 0 Å². The number of nitriles is 1. The van der Waals surface area contributed by atoms with Gasteiger partial charge in [-0.3, -0.25) is 4.90 Å². The van der Waals surface area contributed by atoms with Gasteiger partial charge in [0.25, 0.3) is 0 Å². The topological polar surface area (TPSA) is 36.3 Å². The second kappa shape index (κ2) is 9.61. The average molecular weight is 489 g/mol. The predicted molar refractivity (Wildman–Crippen MR) is 127 cm³/mol. The lowest BCUT2D eigenvalue weighted by Crippen LogP contribution is -2.43. The zero-order valence-electron chi connectivity index (χ0n) is 20.0. The third-order valence-corrected chi connectivity index (χ3v) is 8.58. The number of alkyl halides is 4. The van der Waals surface area contributed by atoms with Crippen LogP contribution in [0.15, 0.2) is 30.3 Å². The van der Waals surface area contributed by atoms with E-state index in [1.807, 2.05) is 12.1 Å². The number of piperidine rings is 1. The van der Waals surface area contributed by atoms with Gasteiger partial charge < -0.3 is 4.74 Å². The summed E-state index contributed by atoms with van der Waals surface area (Å²) in [6, 6.07) is 13.4. The largest absolute Gasteiger partial charge is 0.490 e. The highest BCUT2D eigenvalue weighted by molar-refractivity contribution is 5.88. The van der Waals surface area contributed by atoms with E-state index in [9.17, 15) is 22.8 Å². The minimum atomic E-state index is -4.15. The number of fused-ring (bicyclic) bond motifs is 3. The Bertz CT molecular complexity index is 1090. The quantitative estimate of drug-likeness (QED) is 0.406. The van der Waals surface area contributed by atoms with Crippen molar-refractivity contribution in [3.8, 4) is 11.8 Å². The molecule has 2 aromatic rings. The molecule has 3 unspecified atom stereocenters. The predicted octanol–water partition coefficient (Wildman–Crippen LogP) is 7.64. The van der Waals surface area contributed by atoms with E-state index in [0.29, 0.717) is 36.2 Å². The zero-order chi connectivity index (χ0) is 24.7. The third-order valence-electron chi connectivity index (χ3n) is 8.58. The Kier molecular flexibility index (Phi) is 6.69. The Morgan fingerprint density at radius 1 is 1.03 bits per heavy atom. The number of halogens is 4. The highest BCUT2D eigenvalue weighted by Gasteiger charge is 2.43. The average Bonchev–Trinajstić information content (AvgIpc) is 3.12. The lowest BCUT2D eigenvalue weighted by atomic mass is 9.87. The maximum absolute atomic E-state index is 14.2. The van der Waals surface area contributed by atoms with Crippen molar-refractivity contribution in [2.24, 2.45) is 11.8 Å². The molecule has 2 aliphatic heterocycles. The van der Waals surface area contributed by atoms with Crippen LogP contribution in [-0.2, 0) is 6.67 Å². The Balaban J connectivity index is 1.33. The Labute approximate surface area is 204 Å². The summed E-state index contributed by atoms with van der Waals surface area (Å²) < 4.78 is 59.1. The fourth-order valence-electron chi connectivity index (χ4n) is 6.71. The van der Waals surface area contributed by atoms with Gasteiger partial charge in [0, 0.05) is 29.6 Å². The summed E-state index contributed by atoms with van der Waals surface area (Å²) in [6.45, 7) is 1.52. The van der Waals surface area contributed by atoms with Gasteiger partial charge in [0.15, 0.2) is 0 Å². The van der Waals surface area contributed by atoms with Gasteiger partial charge in [0.2, 0.25) is 0 Å². The molecule has 0 amide bonds. The number of ether oxygens (including phenoxy) is 1. The molecule has 0 spiro atoms. The summed E-state index contributed by atoms with van der Waals surface area (Å²) in [5.74, 6) is -0.671. The van der Waals surface area contributed by atoms with Gasteiger partial charge >= 0.3 is 6.18 Å². The number of hydrogen-bond donors (Lipinski definition) is 0. The first-order valence-electron chi connectivity index (χ1n) is 12.8. The minimum absolute atomic E-state index is 0.0571. The maximum atomic E-state index is 14.2. The van der Waals surface area contributed by atoms with Gasteiger partial charge in [-0.2, -0.15) is 18.4 Å². The molecule has 1 saturated carbocycles. The van der Waals surface area contributed by atoms with E-state index in [1.54, 1.807) is 6.07 Å². The van der Waals surface area contributed by atoms with Crippen LogP contribution in [0.4, 0.5) is 17.6 Å². The summed E-state index contributed by atoms with van der Waals surface area (Å²) in [5, 5.41) is 11.1. The van der Waals surface area contributed by atoms with Crippen LogP contribution in [0.5, 0.6) is 5.75 Å². The molecule has 3 atom stereocenters. The van der Waals surface area contributed by atoms with Crippen LogP contribution in [-0.4, -0.2) is 29.3 Å². The van der Waals surface area contributed by atoms with E-state index in [0.717, 1.165) is 36.5 Å². The van der Waals surface area contributed by atoms with Gasteiger partial charge in [0.05, 0.1) is 18.1 Å². The molecule has 0 aromatic heterocycles. The van der Waals surface area contributed by atoms with Crippen molar-refractivity contribution in [3.63, 3.8) is 0 Å². The van der Waals surface area contributed by atoms with Gasteiger partial charge in [-0.15, -0.1) is 0 Å². The molecule has 35 heavy (non-hydrogen) atoms. The lowest BCUT2D eigenvalue weighted by molar-refractivity contribution is -0.185. The fraction of sp³-hybridized carbons (Fsp3) is 0.607. The molecular formula is C28H32F4N2O. The fourth-order valence-corrected chi connectivity index (χ4v) is 6.71. The smallest absolute Gasteiger partial charge is 0.391 e. The van der Waals surface area contributed by atoms with E-state index in [2.05, 4.69) is 30.0 Å². The van der Waals surface area contributed by atoms with Crippen molar-refractivity contribution in [1.29, 1.82) is 5.26 Å². The summed E-state index contributed by atoms with van der Waals surface area (Å²) in [6.07, 6.45) is 0.440. The number of rotatable bonds is 5. The van der Waals surface area contributed by atoms with E-state index in [4.69, 9.17) is 4.74 Å². The van der Waals surface area contributed by atoms with Crippen LogP contribution in [0.3, 0.4) is 0 Å². The molecular weight excluding hydrogens is 456 g/mol. The summed E-state index contributed by atoms with van der Waals surface area (Å²) in [4.78, 5) is 2.57. The first kappa shape index (κ1) is 24.4. The van der Waals surface area contributed by atoms with Crippen LogP contribution in [0, 0.1) is 23.2 Å². The second-order valence-corrected chi connectivity index (χ2v) is 10.6. The molecule has 3 aliphatic rings. The number of benzene rings is 2. The standard InChI is InChI=1S/C28H32F4N2O/c1-17(34-22-6-7-23(34)13-18(12-22)16-33)19-2-10-25-20(14-19)3-11-27(26(25)15-29)35-24-8-4-21(5-9-24)28(30,31)32/h2-3,10-11,14,17-18,21-24H,4-9,12-13,15H2,1H3. The monoisotopic (exact) mass is 488 g/mol. The Hall–Kier alpha value is -2.33. The van der Waals surface area contributed by atoms with Crippen LogP contribution < -0.4 is 4.74 Å². The molecule has 0 N–H and O–H groups in total. The van der Waals surface area contributed by atoms with E-state index in [-0.39, 0.29) is 30.9 Å². The van der Waals surface area contributed by atoms with Gasteiger partial charge in [0.1, 0.15) is 12.4 Å². The summed E-state index contributed by atoms with van der Waals surface area (Å²) in [5.41, 5.74) is 1.64. The summed E-state index contributed by atoms with van der Waals surface area (Å²) in [7, 11) is 0. The Morgan fingerprint density at radius 2 is 1.71 bits per heavy atom. The molecule has 2 aromatic carbocycles. The van der Waals surface area contributed by atoms with E-state index in [1.165, 1.54) is 5.56 Å². The van der Waals surface area contributed by atoms with Gasteiger partial charge in [-0.05, 0) is 86.8 Å². The zero-order valence-corrected chi connectivity index (χ0v) is 20.0. The van der Waals surface area contributed by atoms with Gasteiger partial charge in [-0.1, -0.05) is 18.2 Å². The molecule has 2 saturated heterocycles. The molecule has 2 bridgehead atoms. The van der Waals surface area contributed by atoms with Gasteiger partial charge in [-0.25, -0.2) is 4.39 Å². The first-order valence-corrected chi connectivity index (χ1v) is 12.8. The van der Waals surface area contributed by atoms with Crippen molar-refractivity contribution < 1.29 is 22.3 Å². The molecule has 5 rings (SSSR count). The van der Waals surface area contributed by atoms with E-state index >= 15 is 0 Å². The van der Waals surface area contributed by atoms with Crippen molar-refractivity contribution in [2.75, 3.05) is 0 Å². The lowest BCUT2D eigenvalue weighted by Gasteiger charge is -2.41. The molecule has 0 radical (unpaired) electrons. The second-order valence-electron chi connectivity index (χ2n) is 10.6. The Morgan fingerprint density at radius 3 is 2.31 bits per heavy atom. The maximum Gasteiger partial charge on any atom is 0.391 e. The number of hydrogen-bond acceptors (Lipinski definition) is 3. The van der Waals surface area contributed by atoms with Crippen LogP contribution in [0.25, 0.3) is 10.8 Å². The minimum Gasteiger partial charge on any atom is -0.490 e. The normalized spacial score (nSPS) is 30.2. The van der Waals surface area contributed by atoms with E-state index < -0.39 is 18.8 Å².